The summed E-state index contributed by atoms with van der Waals surface area (Å²) in [4.78, 5) is 35.5. The Hall–Kier alpha value is -3.62. The molecule has 2 atom stereocenters. The van der Waals surface area contributed by atoms with E-state index in [4.69, 9.17) is 16.3 Å². The molecule has 3 amide bonds. The Morgan fingerprint density at radius 3 is 2.78 bits per heavy atom. The Kier molecular flexibility index (Phi) is 5.43. The van der Waals surface area contributed by atoms with Gasteiger partial charge in [-0.1, -0.05) is 11.6 Å². The number of methoxy groups -OCH3 is 1. The molecule has 188 valence electrons. The minimum Gasteiger partial charge on any atom is -0.494 e. The number of hydrogen-bond acceptors (Lipinski definition) is 7. The molecule has 0 bridgehead atoms. The number of pyridine rings is 1. The fourth-order valence-electron chi connectivity index (χ4n) is 4.90. The van der Waals surface area contributed by atoms with Gasteiger partial charge in [0, 0.05) is 35.6 Å². The smallest absolute Gasteiger partial charge is 0.332 e. The summed E-state index contributed by atoms with van der Waals surface area (Å²) in [5.41, 5.74) is 0.788. The van der Waals surface area contributed by atoms with Gasteiger partial charge in [-0.3, -0.25) is 14.5 Å². The number of amides is 3. The van der Waals surface area contributed by atoms with Crippen LogP contribution in [0.5, 0.6) is 5.75 Å². The molecule has 2 aliphatic heterocycles. The third-order valence-corrected chi connectivity index (χ3v) is 8.74. The van der Waals surface area contributed by atoms with E-state index in [1.807, 2.05) is 0 Å². The summed E-state index contributed by atoms with van der Waals surface area (Å²) in [6.45, 7) is 0.187. The van der Waals surface area contributed by atoms with E-state index in [0.29, 0.717) is 39.9 Å². The first-order valence-electron chi connectivity index (χ1n) is 11.5. The van der Waals surface area contributed by atoms with Crippen LogP contribution in [0.2, 0.25) is 5.02 Å². The molecule has 9 nitrogen and oxygen atoms in total. The van der Waals surface area contributed by atoms with Crippen molar-refractivity contribution < 1.29 is 18.7 Å². The van der Waals surface area contributed by atoms with Crippen LogP contribution in [0.1, 0.15) is 18.4 Å². The fourth-order valence-corrected chi connectivity index (χ4v) is 6.56. The number of nitrogens with zero attached hydrogens (tertiary/aromatic N) is 6. The van der Waals surface area contributed by atoms with Crippen LogP contribution < -0.4 is 9.64 Å². The molecule has 2 unspecified atom stereocenters. The second-order valence-corrected chi connectivity index (χ2v) is 11.0. The van der Waals surface area contributed by atoms with Crippen molar-refractivity contribution >= 4 is 56.8 Å². The van der Waals surface area contributed by atoms with Crippen LogP contribution in [0.3, 0.4) is 0 Å². The first kappa shape index (κ1) is 23.8. The van der Waals surface area contributed by atoms with Crippen molar-refractivity contribution in [1.29, 1.82) is 5.26 Å². The van der Waals surface area contributed by atoms with Gasteiger partial charge in [0.25, 0.3) is 5.91 Å². The lowest BCUT2D eigenvalue weighted by Gasteiger charge is -2.42. The molecule has 6 rings (SSSR count). The first-order valence-corrected chi connectivity index (χ1v) is 12.8. The number of urea groups is 1. The van der Waals surface area contributed by atoms with Crippen molar-refractivity contribution in [2.45, 2.75) is 24.1 Å². The molecule has 37 heavy (non-hydrogen) atoms. The van der Waals surface area contributed by atoms with Gasteiger partial charge in [0.05, 0.1) is 53.3 Å². The van der Waals surface area contributed by atoms with Crippen LogP contribution in [0.25, 0.3) is 15.8 Å². The molecule has 3 aromatic rings. The zero-order valence-electron chi connectivity index (χ0n) is 19.8. The monoisotopic (exact) mass is 538 g/mol. The summed E-state index contributed by atoms with van der Waals surface area (Å²) in [5.74, 6) is -0.991. The molecule has 1 aliphatic carbocycles. The molecule has 1 saturated carbocycles. The van der Waals surface area contributed by atoms with Crippen LogP contribution in [0.4, 0.5) is 14.9 Å². The van der Waals surface area contributed by atoms with E-state index in [1.54, 1.807) is 35.1 Å². The molecular formula is C25H20ClFN6O3S. The van der Waals surface area contributed by atoms with Gasteiger partial charge in [0.1, 0.15) is 5.25 Å². The standard InChI is InChI=1S/C25H20ClFN6O3S/c1-31-21-13(9-30-31)8-29-10-18(21)33-23(34)22-17(32(24(33)35)12-25(11-28)3-4-25)7-20(37-22)14-5-19(36-2)16(27)6-15(14)26/h5-10,17,22H,3-4,12H2,1-2H3. The highest BCUT2D eigenvalue weighted by molar-refractivity contribution is 8.09. The Balaban J connectivity index is 1.46. The number of fused-ring (bicyclic) bond motifs is 2. The molecule has 0 N–H and O–H groups in total. The van der Waals surface area contributed by atoms with Crippen molar-refractivity contribution in [1.82, 2.24) is 19.7 Å². The quantitative estimate of drug-likeness (QED) is 0.475. The van der Waals surface area contributed by atoms with Crippen molar-refractivity contribution in [2.75, 3.05) is 18.6 Å². The number of hydrogen-bond donors (Lipinski definition) is 0. The number of carbonyl (C=O) groups is 2. The number of nitriles is 1. The maximum atomic E-state index is 14.2. The topological polar surface area (TPSA) is 104 Å². The highest BCUT2D eigenvalue weighted by Gasteiger charge is 2.54. The van der Waals surface area contributed by atoms with E-state index < -0.39 is 34.5 Å². The van der Waals surface area contributed by atoms with Crippen LogP contribution in [0, 0.1) is 22.6 Å². The van der Waals surface area contributed by atoms with Crippen molar-refractivity contribution in [2.24, 2.45) is 12.5 Å². The van der Waals surface area contributed by atoms with Gasteiger partial charge in [0.15, 0.2) is 11.6 Å². The highest BCUT2D eigenvalue weighted by atomic mass is 35.5. The van der Waals surface area contributed by atoms with E-state index in [0.717, 1.165) is 4.90 Å². The zero-order valence-corrected chi connectivity index (χ0v) is 21.4. The number of benzene rings is 1. The van der Waals surface area contributed by atoms with Gasteiger partial charge >= 0.3 is 6.03 Å². The summed E-state index contributed by atoms with van der Waals surface area (Å²) in [6, 6.07) is 3.87. The van der Waals surface area contributed by atoms with Crippen LogP contribution in [-0.4, -0.2) is 56.5 Å². The summed E-state index contributed by atoms with van der Waals surface area (Å²) in [5, 5.41) is 14.2. The fraction of sp³-hybridized carbons (Fsp3) is 0.320. The number of carbonyl (C=O) groups excluding carboxylic acids is 2. The molecule has 2 aromatic heterocycles. The summed E-state index contributed by atoms with van der Waals surface area (Å²) in [7, 11) is 3.09. The highest BCUT2D eigenvalue weighted by Crippen LogP contribution is 2.51. The van der Waals surface area contributed by atoms with Crippen LogP contribution in [-0.2, 0) is 11.8 Å². The molecule has 1 aromatic carbocycles. The number of imide groups is 1. The zero-order chi connectivity index (χ0) is 26.1. The van der Waals surface area contributed by atoms with E-state index in [-0.39, 0.29) is 17.3 Å². The van der Waals surface area contributed by atoms with Gasteiger partial charge in [0.2, 0.25) is 0 Å². The van der Waals surface area contributed by atoms with Crippen molar-refractivity contribution in [3.63, 3.8) is 0 Å². The predicted octanol–water partition coefficient (Wildman–Crippen LogP) is 4.37. The lowest BCUT2D eigenvalue weighted by atomic mass is 10.0. The average molecular weight is 539 g/mol. The van der Waals surface area contributed by atoms with Crippen molar-refractivity contribution in [3.05, 3.63) is 53.2 Å². The minimum atomic E-state index is -0.696. The number of aromatic nitrogens is 3. The Morgan fingerprint density at radius 2 is 2.08 bits per heavy atom. The molecule has 2 fully saturated rings. The maximum absolute atomic E-state index is 14.2. The number of ether oxygens (including phenoxy) is 1. The van der Waals surface area contributed by atoms with Crippen LogP contribution >= 0.6 is 23.4 Å². The Labute approximate surface area is 220 Å². The third kappa shape index (κ3) is 3.66. The Morgan fingerprint density at radius 1 is 1.30 bits per heavy atom. The second-order valence-electron chi connectivity index (χ2n) is 9.37. The van der Waals surface area contributed by atoms with Gasteiger partial charge in [-0.05, 0) is 31.1 Å². The number of rotatable bonds is 5. The lowest BCUT2D eigenvalue weighted by molar-refractivity contribution is -0.119. The van der Waals surface area contributed by atoms with E-state index in [1.165, 1.54) is 37.2 Å². The second kappa shape index (κ2) is 8.46. The van der Waals surface area contributed by atoms with Gasteiger partial charge < -0.3 is 9.64 Å². The van der Waals surface area contributed by atoms with Gasteiger partial charge in [-0.2, -0.15) is 10.4 Å². The predicted molar refractivity (Wildman–Crippen MR) is 136 cm³/mol. The van der Waals surface area contributed by atoms with E-state index in [2.05, 4.69) is 16.2 Å². The number of aryl methyl sites for hydroxylation is 1. The summed E-state index contributed by atoms with van der Waals surface area (Å²) < 4.78 is 20.9. The largest absolute Gasteiger partial charge is 0.494 e. The minimum absolute atomic E-state index is 0.0204. The number of thioether (sulfide) groups is 1. The summed E-state index contributed by atoms with van der Waals surface area (Å²) in [6.07, 6.45) is 7.88. The molecule has 4 heterocycles. The van der Waals surface area contributed by atoms with E-state index in [9.17, 15) is 19.2 Å². The van der Waals surface area contributed by atoms with E-state index >= 15 is 0 Å². The SMILES string of the molecule is COc1cc(C2=CC3C(S2)C(=O)N(c2cncc4cnn(C)c24)C(=O)N3CC2(C#N)CC2)c(Cl)cc1F. The average Bonchev–Trinajstić information content (AvgIpc) is 3.35. The maximum Gasteiger partial charge on any atom is 0.332 e. The van der Waals surface area contributed by atoms with Crippen molar-refractivity contribution in [3.8, 4) is 11.8 Å². The molecule has 0 spiro atoms. The Bertz CT molecular complexity index is 1560. The molecule has 3 aliphatic rings. The molecule has 0 radical (unpaired) electrons. The molecule has 12 heteroatoms. The van der Waals surface area contributed by atoms with Gasteiger partial charge in [-0.25, -0.2) is 14.1 Å². The lowest BCUT2D eigenvalue weighted by Crippen LogP contribution is -2.63. The number of anilines is 1. The number of halogens is 2. The first-order chi connectivity index (χ1) is 17.8. The molecular weight excluding hydrogens is 519 g/mol. The van der Waals surface area contributed by atoms with Crippen LogP contribution in [0.15, 0.2) is 36.8 Å². The third-order valence-electron chi connectivity index (χ3n) is 7.08. The molecule has 1 saturated heterocycles. The normalized spacial score (nSPS) is 22.2. The summed E-state index contributed by atoms with van der Waals surface area (Å²) >= 11 is 7.64. The van der Waals surface area contributed by atoms with Gasteiger partial charge in [-0.15, -0.1) is 11.8 Å².